The summed E-state index contributed by atoms with van der Waals surface area (Å²) >= 11 is 0. The van der Waals surface area contributed by atoms with Crippen molar-refractivity contribution in [1.29, 1.82) is 5.26 Å². The molecule has 0 radical (unpaired) electrons. The number of carbonyl (C=O) groups excluding carboxylic acids is 1. The molecule has 3 rings (SSSR count). The lowest BCUT2D eigenvalue weighted by atomic mass is 9.90. The number of hydrogen-bond donors (Lipinski definition) is 0. The quantitative estimate of drug-likeness (QED) is 0.675. The van der Waals surface area contributed by atoms with Gasteiger partial charge in [-0.2, -0.15) is 5.26 Å². The van der Waals surface area contributed by atoms with Gasteiger partial charge in [-0.25, -0.2) is 4.79 Å². The molecule has 0 aliphatic carbocycles. The van der Waals surface area contributed by atoms with E-state index in [-0.39, 0.29) is 12.0 Å². The molecule has 0 aromatic heterocycles. The van der Waals surface area contributed by atoms with Crippen molar-refractivity contribution >= 4 is 11.8 Å². The van der Waals surface area contributed by atoms with E-state index >= 15 is 0 Å². The number of hydrogen-bond acceptors (Lipinski definition) is 4. The van der Waals surface area contributed by atoms with E-state index in [0.717, 1.165) is 23.3 Å². The van der Waals surface area contributed by atoms with E-state index in [9.17, 15) is 4.79 Å². The van der Waals surface area contributed by atoms with Crippen LogP contribution in [0.2, 0.25) is 0 Å². The smallest absolute Gasteiger partial charge is 0.410 e. The first-order valence-corrected chi connectivity index (χ1v) is 8.62. The summed E-state index contributed by atoms with van der Waals surface area (Å²) in [5.41, 5.74) is 2.82. The predicted molar refractivity (Wildman–Crippen MR) is 99.5 cm³/mol. The summed E-state index contributed by atoms with van der Waals surface area (Å²) in [6.07, 6.45) is 2.28. The van der Waals surface area contributed by atoms with Crippen LogP contribution in [0, 0.1) is 29.1 Å². The van der Waals surface area contributed by atoms with Crippen molar-refractivity contribution in [3.8, 4) is 17.9 Å². The maximum absolute atomic E-state index is 12.2. The third kappa shape index (κ3) is 4.13. The van der Waals surface area contributed by atoms with Crippen LogP contribution in [0.1, 0.15) is 38.3 Å². The minimum atomic E-state index is -0.502. The molecule has 26 heavy (non-hydrogen) atoms. The number of nitriles is 1. The van der Waals surface area contributed by atoms with E-state index in [2.05, 4.69) is 22.9 Å². The first kappa shape index (κ1) is 17.8. The van der Waals surface area contributed by atoms with E-state index < -0.39 is 5.60 Å². The molecule has 132 valence electrons. The Hall–Kier alpha value is -3.05. The number of likely N-dealkylation sites (tertiary alicyclic amines) is 1. The average Bonchev–Trinajstić information content (AvgIpc) is 3.01. The van der Waals surface area contributed by atoms with Crippen molar-refractivity contribution in [3.63, 3.8) is 0 Å². The molecule has 2 heterocycles. The molecular formula is C21H21N3O2. The Morgan fingerprint density at radius 2 is 2.08 bits per heavy atom. The molecular weight excluding hydrogens is 326 g/mol. The summed E-state index contributed by atoms with van der Waals surface area (Å²) < 4.78 is 5.44. The maximum atomic E-state index is 12.2. The zero-order valence-electron chi connectivity index (χ0n) is 15.2. The number of aliphatic imine (C=N–C) groups is 1. The summed E-state index contributed by atoms with van der Waals surface area (Å²) in [6.45, 7) is 6.69. The fourth-order valence-electron chi connectivity index (χ4n) is 2.96. The highest BCUT2D eigenvalue weighted by Gasteiger charge is 2.34. The van der Waals surface area contributed by atoms with Crippen molar-refractivity contribution in [2.45, 2.75) is 32.8 Å². The van der Waals surface area contributed by atoms with Gasteiger partial charge in [-0.15, -0.1) is 0 Å². The van der Waals surface area contributed by atoms with Gasteiger partial charge < -0.3 is 9.64 Å². The van der Waals surface area contributed by atoms with E-state index in [4.69, 9.17) is 10.00 Å². The van der Waals surface area contributed by atoms with Gasteiger partial charge in [0.25, 0.3) is 0 Å². The second-order valence-electron chi connectivity index (χ2n) is 7.39. The number of rotatable bonds is 0. The molecule has 1 atom stereocenters. The second kappa shape index (κ2) is 7.06. The largest absolute Gasteiger partial charge is 0.444 e. The van der Waals surface area contributed by atoms with Crippen molar-refractivity contribution in [3.05, 3.63) is 47.2 Å². The number of amides is 1. The highest BCUT2D eigenvalue weighted by atomic mass is 16.6. The fourth-order valence-corrected chi connectivity index (χ4v) is 2.96. The normalized spacial score (nSPS) is 18.7. The monoisotopic (exact) mass is 347 g/mol. The zero-order chi connectivity index (χ0) is 18.7. The molecule has 1 saturated heterocycles. The van der Waals surface area contributed by atoms with E-state index in [0.29, 0.717) is 18.7 Å². The van der Waals surface area contributed by atoms with Crippen LogP contribution in [0.3, 0.4) is 0 Å². The third-order valence-electron chi connectivity index (χ3n) is 4.18. The highest BCUT2D eigenvalue weighted by Crippen LogP contribution is 2.28. The van der Waals surface area contributed by atoms with E-state index in [1.54, 1.807) is 23.2 Å². The molecule has 1 aromatic rings. The molecule has 1 amide bonds. The SMILES string of the molecule is CC(C)(C)OC(=O)N1CC[C@H]2C(C#Cc3cccc(C#N)c3)=CN=C2C1. The van der Waals surface area contributed by atoms with Crippen molar-refractivity contribution < 1.29 is 9.53 Å². The Kier molecular flexibility index (Phi) is 4.82. The van der Waals surface area contributed by atoms with Gasteiger partial charge in [-0.1, -0.05) is 17.9 Å². The first-order chi connectivity index (χ1) is 12.4. The number of carbonyl (C=O) groups is 1. The van der Waals surface area contributed by atoms with Gasteiger partial charge in [-0.3, -0.25) is 4.99 Å². The highest BCUT2D eigenvalue weighted by molar-refractivity contribution is 5.97. The van der Waals surface area contributed by atoms with Crippen LogP contribution in [-0.2, 0) is 4.74 Å². The van der Waals surface area contributed by atoms with Crippen LogP contribution in [0.5, 0.6) is 0 Å². The Bertz CT molecular complexity index is 888. The maximum Gasteiger partial charge on any atom is 0.410 e. The van der Waals surface area contributed by atoms with Gasteiger partial charge in [0, 0.05) is 35.5 Å². The molecule has 0 spiro atoms. The van der Waals surface area contributed by atoms with Crippen LogP contribution in [0.15, 0.2) is 41.0 Å². The average molecular weight is 347 g/mol. The molecule has 0 bridgehead atoms. The van der Waals surface area contributed by atoms with Gasteiger partial charge in [-0.05, 0) is 45.4 Å². The van der Waals surface area contributed by atoms with Crippen molar-refractivity contribution in [1.82, 2.24) is 4.90 Å². The Balaban J connectivity index is 1.65. The van der Waals surface area contributed by atoms with Crippen LogP contribution in [0.4, 0.5) is 4.79 Å². The minimum absolute atomic E-state index is 0.167. The van der Waals surface area contributed by atoms with Crippen LogP contribution in [0.25, 0.3) is 0 Å². The third-order valence-corrected chi connectivity index (χ3v) is 4.18. The summed E-state index contributed by atoms with van der Waals surface area (Å²) in [4.78, 5) is 18.4. The van der Waals surface area contributed by atoms with Gasteiger partial charge in [0.2, 0.25) is 0 Å². The molecule has 0 N–H and O–H groups in total. The lowest BCUT2D eigenvalue weighted by Gasteiger charge is -2.33. The first-order valence-electron chi connectivity index (χ1n) is 8.62. The number of fused-ring (bicyclic) bond motifs is 1. The number of benzene rings is 1. The second-order valence-corrected chi connectivity index (χ2v) is 7.39. The van der Waals surface area contributed by atoms with Gasteiger partial charge in [0.1, 0.15) is 5.60 Å². The lowest BCUT2D eigenvalue weighted by molar-refractivity contribution is 0.0260. The number of allylic oxidation sites excluding steroid dienone is 1. The van der Waals surface area contributed by atoms with Crippen molar-refractivity contribution in [2.75, 3.05) is 13.1 Å². The molecule has 1 fully saturated rings. The summed E-state index contributed by atoms with van der Waals surface area (Å²) in [6, 6.07) is 9.36. The standard InChI is InChI=1S/C21H21N3O2/c1-21(2,3)26-20(25)24-10-9-18-17(13-23-19(18)14-24)8-7-15-5-4-6-16(11-15)12-22/h4-6,11,13,18H,9-10,14H2,1-3H3/t18-/m0/s1. The van der Waals surface area contributed by atoms with Gasteiger partial charge in [0.05, 0.1) is 18.2 Å². The number of ether oxygens (including phenoxy) is 1. The van der Waals surface area contributed by atoms with Gasteiger partial charge in [0.15, 0.2) is 0 Å². The Morgan fingerprint density at radius 1 is 1.31 bits per heavy atom. The fraction of sp³-hybridized carbons (Fsp3) is 0.381. The molecule has 5 nitrogen and oxygen atoms in total. The van der Waals surface area contributed by atoms with Crippen molar-refractivity contribution in [2.24, 2.45) is 10.9 Å². The molecule has 2 aliphatic heterocycles. The Labute approximate surface area is 154 Å². The van der Waals surface area contributed by atoms with E-state index in [1.807, 2.05) is 32.9 Å². The lowest BCUT2D eigenvalue weighted by Crippen LogP contribution is -2.45. The molecule has 0 unspecified atom stereocenters. The molecule has 5 heteroatoms. The summed E-state index contributed by atoms with van der Waals surface area (Å²) in [5, 5.41) is 8.97. The number of piperidine rings is 1. The zero-order valence-corrected chi connectivity index (χ0v) is 15.2. The minimum Gasteiger partial charge on any atom is -0.444 e. The number of nitrogens with zero attached hydrogens (tertiary/aromatic N) is 3. The predicted octanol–water partition coefficient (Wildman–Crippen LogP) is 3.51. The van der Waals surface area contributed by atoms with Crippen LogP contribution in [-0.4, -0.2) is 35.4 Å². The van der Waals surface area contributed by atoms with Gasteiger partial charge >= 0.3 is 6.09 Å². The molecule has 2 aliphatic rings. The molecule has 1 aromatic carbocycles. The van der Waals surface area contributed by atoms with Crippen LogP contribution < -0.4 is 0 Å². The molecule has 0 saturated carbocycles. The van der Waals surface area contributed by atoms with E-state index in [1.165, 1.54) is 0 Å². The summed E-state index contributed by atoms with van der Waals surface area (Å²) in [5.74, 6) is 6.46. The Morgan fingerprint density at radius 3 is 2.81 bits per heavy atom. The van der Waals surface area contributed by atoms with Crippen LogP contribution >= 0.6 is 0 Å². The summed E-state index contributed by atoms with van der Waals surface area (Å²) in [7, 11) is 0. The topological polar surface area (TPSA) is 65.7 Å².